The normalized spacial score (nSPS) is 24.5. The number of alkyl halides is 7. The topological polar surface area (TPSA) is 44.8 Å². The first-order valence-corrected chi connectivity index (χ1v) is 7.31. The SMILES string of the molecule is CC1(C)OP(=O)(OCC(F)(F)C(F)(F)C(F)(F)F)OC1(C)C. The van der Waals surface area contributed by atoms with Crippen molar-refractivity contribution in [2.24, 2.45) is 0 Å². The van der Waals surface area contributed by atoms with Crippen LogP contribution in [-0.2, 0) is 18.1 Å². The molecular weight excluding hydrogens is 348 g/mol. The molecule has 0 N–H and O–H groups in total. The second-order valence-corrected chi connectivity index (χ2v) is 7.22. The number of rotatable bonds is 4. The summed E-state index contributed by atoms with van der Waals surface area (Å²) in [7, 11) is -4.71. The van der Waals surface area contributed by atoms with Gasteiger partial charge in [0.25, 0.3) is 0 Å². The van der Waals surface area contributed by atoms with Crippen molar-refractivity contribution in [1.29, 1.82) is 0 Å². The van der Waals surface area contributed by atoms with Crippen molar-refractivity contribution in [2.75, 3.05) is 6.61 Å². The lowest BCUT2D eigenvalue weighted by molar-refractivity contribution is -0.358. The summed E-state index contributed by atoms with van der Waals surface area (Å²) in [6.45, 7) is 2.96. The highest BCUT2D eigenvalue weighted by atomic mass is 31.2. The van der Waals surface area contributed by atoms with Crippen molar-refractivity contribution in [3.8, 4) is 0 Å². The molecule has 0 aliphatic carbocycles. The Labute approximate surface area is 121 Å². The van der Waals surface area contributed by atoms with E-state index in [0.717, 1.165) is 0 Å². The van der Waals surface area contributed by atoms with Crippen molar-refractivity contribution < 1.29 is 48.9 Å². The van der Waals surface area contributed by atoms with Gasteiger partial charge in [-0.15, -0.1) is 0 Å². The maximum absolute atomic E-state index is 13.1. The van der Waals surface area contributed by atoms with Gasteiger partial charge in [0.1, 0.15) is 17.8 Å². The van der Waals surface area contributed by atoms with E-state index in [0.29, 0.717) is 0 Å². The Bertz CT molecular complexity index is 466. The van der Waals surface area contributed by atoms with Gasteiger partial charge in [0.2, 0.25) is 0 Å². The largest absolute Gasteiger partial charge is 0.476 e. The minimum absolute atomic E-state index is 1.30. The summed E-state index contributed by atoms with van der Waals surface area (Å²) < 4.78 is 113. The van der Waals surface area contributed by atoms with Crippen LogP contribution in [0.15, 0.2) is 0 Å². The zero-order chi connectivity index (χ0) is 17.8. The van der Waals surface area contributed by atoms with Crippen LogP contribution in [0, 0.1) is 0 Å². The van der Waals surface area contributed by atoms with E-state index in [1.165, 1.54) is 27.7 Å². The lowest BCUT2D eigenvalue weighted by atomic mass is 9.90. The molecule has 1 heterocycles. The summed E-state index contributed by atoms with van der Waals surface area (Å²) in [5.41, 5.74) is -2.60. The molecular formula is C10H14F7O4P. The van der Waals surface area contributed by atoms with Crippen LogP contribution in [0.5, 0.6) is 0 Å². The average molecular weight is 362 g/mol. The van der Waals surface area contributed by atoms with Gasteiger partial charge in [-0.25, -0.2) is 4.57 Å². The Morgan fingerprint density at radius 3 is 1.59 bits per heavy atom. The molecule has 0 unspecified atom stereocenters. The molecule has 0 aromatic rings. The van der Waals surface area contributed by atoms with E-state index in [1.807, 2.05) is 0 Å². The van der Waals surface area contributed by atoms with E-state index in [2.05, 4.69) is 4.52 Å². The molecule has 1 aliphatic rings. The molecule has 12 heteroatoms. The first-order valence-electron chi connectivity index (χ1n) is 5.85. The highest BCUT2D eigenvalue weighted by Gasteiger charge is 2.73. The molecule has 0 aromatic heterocycles. The molecule has 0 spiro atoms. The lowest BCUT2D eigenvalue weighted by Crippen LogP contribution is -2.54. The summed E-state index contributed by atoms with van der Waals surface area (Å²) in [4.78, 5) is 0. The maximum Gasteiger partial charge on any atom is 0.476 e. The van der Waals surface area contributed by atoms with Gasteiger partial charge in [-0.2, -0.15) is 30.7 Å². The summed E-state index contributed by atoms with van der Waals surface area (Å²) in [5.74, 6) is -12.0. The minimum atomic E-state index is -6.50. The fraction of sp³-hybridized carbons (Fsp3) is 1.00. The third-order valence-electron chi connectivity index (χ3n) is 3.35. The molecule has 0 aromatic carbocycles. The summed E-state index contributed by atoms with van der Waals surface area (Å²) in [6, 6.07) is 0. The molecule has 1 saturated heterocycles. The maximum atomic E-state index is 13.1. The van der Waals surface area contributed by atoms with Crippen LogP contribution in [0.25, 0.3) is 0 Å². The fourth-order valence-electron chi connectivity index (χ4n) is 1.31. The number of phosphoric ester groups is 1. The third-order valence-corrected chi connectivity index (χ3v) is 5.15. The molecule has 1 rings (SSSR count). The van der Waals surface area contributed by atoms with Crippen LogP contribution >= 0.6 is 7.82 Å². The first-order chi connectivity index (χ1) is 9.37. The molecule has 0 bridgehead atoms. The smallest absolute Gasteiger partial charge is 0.280 e. The average Bonchev–Trinajstić information content (AvgIpc) is 2.39. The predicted octanol–water partition coefficient (Wildman–Crippen LogP) is 4.55. The van der Waals surface area contributed by atoms with Crippen LogP contribution in [-0.4, -0.2) is 35.8 Å². The van der Waals surface area contributed by atoms with E-state index in [-0.39, 0.29) is 0 Å². The number of hydrogen-bond donors (Lipinski definition) is 0. The van der Waals surface area contributed by atoms with Gasteiger partial charge in [-0.1, -0.05) is 0 Å². The minimum Gasteiger partial charge on any atom is -0.280 e. The van der Waals surface area contributed by atoms with E-state index in [4.69, 9.17) is 9.05 Å². The summed E-state index contributed by atoms with van der Waals surface area (Å²) in [6.07, 6.45) is -6.50. The van der Waals surface area contributed by atoms with Gasteiger partial charge < -0.3 is 0 Å². The van der Waals surface area contributed by atoms with Crippen LogP contribution in [0.1, 0.15) is 27.7 Å². The van der Waals surface area contributed by atoms with Crippen LogP contribution in [0.2, 0.25) is 0 Å². The molecule has 0 radical (unpaired) electrons. The van der Waals surface area contributed by atoms with Crippen LogP contribution in [0.3, 0.4) is 0 Å². The molecule has 0 saturated carbocycles. The van der Waals surface area contributed by atoms with E-state index >= 15 is 0 Å². The van der Waals surface area contributed by atoms with Crippen molar-refractivity contribution in [2.45, 2.75) is 56.9 Å². The molecule has 132 valence electrons. The number of phosphoric acid groups is 1. The van der Waals surface area contributed by atoms with Crippen molar-refractivity contribution in [3.05, 3.63) is 0 Å². The van der Waals surface area contributed by atoms with Gasteiger partial charge in [-0.05, 0) is 27.7 Å². The molecule has 1 aliphatic heterocycles. The molecule has 0 amide bonds. The van der Waals surface area contributed by atoms with Crippen LogP contribution in [0.4, 0.5) is 30.7 Å². The van der Waals surface area contributed by atoms with E-state index in [9.17, 15) is 35.3 Å². The Morgan fingerprint density at radius 2 is 1.27 bits per heavy atom. The standard InChI is InChI=1S/C10H14F7O4P/c1-6(2)7(3,4)21-22(18,20-6)19-5-8(11,12)9(13,14)10(15,16)17/h5H2,1-4H3. The number of halogens is 7. The molecule has 1 fully saturated rings. The zero-order valence-electron chi connectivity index (χ0n) is 11.9. The van der Waals surface area contributed by atoms with Crippen molar-refractivity contribution in [3.63, 3.8) is 0 Å². The Balaban J connectivity index is 2.89. The molecule has 4 nitrogen and oxygen atoms in total. The lowest BCUT2D eigenvalue weighted by Gasteiger charge is -2.28. The van der Waals surface area contributed by atoms with Crippen molar-refractivity contribution >= 4 is 7.82 Å². The summed E-state index contributed by atoms with van der Waals surface area (Å²) >= 11 is 0. The highest BCUT2D eigenvalue weighted by Crippen LogP contribution is 2.65. The predicted molar refractivity (Wildman–Crippen MR) is 59.8 cm³/mol. The van der Waals surface area contributed by atoms with E-state index < -0.39 is 43.7 Å². The molecule has 22 heavy (non-hydrogen) atoms. The van der Waals surface area contributed by atoms with Crippen molar-refractivity contribution in [1.82, 2.24) is 0 Å². The Morgan fingerprint density at radius 1 is 0.909 bits per heavy atom. The van der Waals surface area contributed by atoms with Gasteiger partial charge in [-0.3, -0.25) is 13.6 Å². The Kier molecular flexibility index (Phi) is 4.52. The number of hydrogen-bond acceptors (Lipinski definition) is 4. The zero-order valence-corrected chi connectivity index (χ0v) is 12.8. The first kappa shape index (κ1) is 19.7. The highest BCUT2D eigenvalue weighted by molar-refractivity contribution is 7.48. The summed E-state index contributed by atoms with van der Waals surface area (Å²) in [5, 5.41) is 0. The van der Waals surface area contributed by atoms with Gasteiger partial charge in [0, 0.05) is 0 Å². The van der Waals surface area contributed by atoms with Gasteiger partial charge in [0.15, 0.2) is 0 Å². The van der Waals surface area contributed by atoms with E-state index in [1.54, 1.807) is 0 Å². The third kappa shape index (κ3) is 3.27. The van der Waals surface area contributed by atoms with Gasteiger partial charge in [0.05, 0.1) is 0 Å². The second-order valence-electron chi connectivity index (χ2n) is 5.70. The second kappa shape index (κ2) is 5.06. The molecule has 0 atom stereocenters. The van der Waals surface area contributed by atoms with Crippen LogP contribution < -0.4 is 0 Å². The quantitative estimate of drug-likeness (QED) is 0.544. The fourth-order valence-corrected chi connectivity index (χ4v) is 3.33. The Hall–Kier alpha value is -0.380. The van der Waals surface area contributed by atoms with Gasteiger partial charge >= 0.3 is 25.8 Å². The monoisotopic (exact) mass is 362 g/mol.